The van der Waals surface area contributed by atoms with Crippen LogP contribution in [0, 0.1) is 10.8 Å². The van der Waals surface area contributed by atoms with E-state index < -0.39 is 8.80 Å². The van der Waals surface area contributed by atoms with Gasteiger partial charge in [0.15, 0.2) is 11.5 Å². The monoisotopic (exact) mass is 631 g/mol. The summed E-state index contributed by atoms with van der Waals surface area (Å²) >= 11 is 0. The molecule has 0 heterocycles. The van der Waals surface area contributed by atoms with Crippen molar-refractivity contribution in [1.29, 1.82) is 0 Å². The maximum Gasteiger partial charge on any atom is 0.504 e. The summed E-state index contributed by atoms with van der Waals surface area (Å²) in [7, 11) is 2.04. The summed E-state index contributed by atoms with van der Waals surface area (Å²) in [5, 5.41) is 13.9. The molecule has 0 amide bonds. The molecule has 0 atom stereocenters. The normalized spacial score (nSPS) is 15.3. The number of allylic oxidation sites excluding steroid dienone is 5. The summed E-state index contributed by atoms with van der Waals surface area (Å²) in [5.74, 6) is 0.184. The number of hydrogen-bond acceptors (Lipinski definition) is 4. The molecule has 0 N–H and O–H groups in total. The van der Waals surface area contributed by atoms with Crippen molar-refractivity contribution in [3.63, 3.8) is 0 Å². The minimum absolute atomic E-state index is 0.0918. The predicted molar refractivity (Wildman–Crippen MR) is 187 cm³/mol. The molecule has 1 radical (unpaired) electrons. The SMILES string of the molecule is CO[Si](Cc1ccc(C(=C2C=C(C(C)(C)C)C(=O)C(C(C)(C)C)=C2)c2cc(C(C)(C)C)c([O])c(C(C)(C)C)c2)cc1)(OC)OC. The van der Waals surface area contributed by atoms with Gasteiger partial charge < -0.3 is 13.3 Å². The van der Waals surface area contributed by atoms with Crippen molar-refractivity contribution in [3.8, 4) is 5.75 Å². The van der Waals surface area contributed by atoms with Crippen LogP contribution in [-0.2, 0) is 40.1 Å². The Morgan fingerprint density at radius 1 is 0.622 bits per heavy atom. The van der Waals surface area contributed by atoms with E-state index in [0.29, 0.717) is 6.04 Å². The van der Waals surface area contributed by atoms with Crippen molar-refractivity contribution >= 4 is 20.2 Å². The Morgan fingerprint density at radius 2 is 1.02 bits per heavy atom. The van der Waals surface area contributed by atoms with Crippen LogP contribution in [0.5, 0.6) is 5.75 Å². The average molecular weight is 632 g/mol. The zero-order valence-corrected chi connectivity index (χ0v) is 31.4. The van der Waals surface area contributed by atoms with Gasteiger partial charge in [-0.05, 0) is 73.8 Å². The molecule has 2 aromatic rings. The Kier molecular flexibility index (Phi) is 10.4. The number of benzene rings is 2. The molecule has 3 rings (SSSR count). The summed E-state index contributed by atoms with van der Waals surface area (Å²) in [4.78, 5) is 13.9. The lowest BCUT2D eigenvalue weighted by atomic mass is 9.70. The first-order valence-electron chi connectivity index (χ1n) is 15.8. The predicted octanol–water partition coefficient (Wildman–Crippen LogP) is 9.71. The zero-order chi connectivity index (χ0) is 34.3. The smallest absolute Gasteiger partial charge is 0.377 e. The Hall–Kier alpha value is -2.77. The fraction of sp³-hybridized carbons (Fsp3) is 0.513. The number of hydrogen-bond donors (Lipinski definition) is 0. The summed E-state index contributed by atoms with van der Waals surface area (Å²) in [6, 6.07) is 13.1. The van der Waals surface area contributed by atoms with E-state index in [0.717, 1.165) is 50.1 Å². The van der Waals surface area contributed by atoms with Crippen LogP contribution in [0.4, 0.5) is 0 Å². The molecular weight excluding hydrogens is 577 g/mol. The number of carbonyl (C=O) groups excluding carboxylic acids is 1. The van der Waals surface area contributed by atoms with Crippen molar-refractivity contribution in [2.45, 2.75) is 100.0 Å². The molecule has 0 bridgehead atoms. The van der Waals surface area contributed by atoms with Crippen molar-refractivity contribution in [1.82, 2.24) is 0 Å². The second kappa shape index (κ2) is 12.8. The third-order valence-electron chi connectivity index (χ3n) is 8.58. The first-order chi connectivity index (χ1) is 20.5. The quantitative estimate of drug-likeness (QED) is 0.285. The first-order valence-corrected chi connectivity index (χ1v) is 17.8. The van der Waals surface area contributed by atoms with Gasteiger partial charge in [0.25, 0.3) is 0 Å². The zero-order valence-electron chi connectivity index (χ0n) is 30.4. The van der Waals surface area contributed by atoms with E-state index in [4.69, 9.17) is 13.3 Å². The van der Waals surface area contributed by atoms with Crippen LogP contribution in [0.1, 0.15) is 111 Å². The number of rotatable bonds is 7. The lowest BCUT2D eigenvalue weighted by molar-refractivity contribution is -0.114. The maximum absolute atomic E-state index is 13.9. The molecular formula is C39H55O5Si. The largest absolute Gasteiger partial charge is 0.504 e. The third-order valence-corrected chi connectivity index (χ3v) is 11.3. The number of Topliss-reactive ketones (excluding diaryl/α,β-unsaturated/α-hetero) is 1. The highest BCUT2D eigenvalue weighted by atomic mass is 28.4. The van der Waals surface area contributed by atoms with Gasteiger partial charge in [-0.2, -0.15) is 0 Å². The van der Waals surface area contributed by atoms with Crippen LogP contribution in [0.25, 0.3) is 5.57 Å². The van der Waals surface area contributed by atoms with E-state index in [1.54, 1.807) is 21.3 Å². The average Bonchev–Trinajstić information content (AvgIpc) is 2.91. The van der Waals surface area contributed by atoms with Gasteiger partial charge in [0.1, 0.15) is 0 Å². The lowest BCUT2D eigenvalue weighted by Gasteiger charge is -2.32. The minimum Gasteiger partial charge on any atom is -0.377 e. The highest BCUT2D eigenvalue weighted by molar-refractivity contribution is 6.60. The summed E-state index contributed by atoms with van der Waals surface area (Å²) < 4.78 is 17.1. The van der Waals surface area contributed by atoms with Crippen LogP contribution in [0.3, 0.4) is 0 Å². The topological polar surface area (TPSA) is 64.7 Å². The van der Waals surface area contributed by atoms with E-state index in [1.165, 1.54) is 0 Å². The molecule has 245 valence electrons. The Balaban J connectivity index is 2.50. The van der Waals surface area contributed by atoms with Gasteiger partial charge in [-0.1, -0.05) is 107 Å². The Labute approximate surface area is 273 Å². The van der Waals surface area contributed by atoms with Crippen molar-refractivity contribution in [3.05, 3.63) is 93.1 Å². The van der Waals surface area contributed by atoms with Crippen molar-refractivity contribution < 1.29 is 23.2 Å². The molecule has 0 unspecified atom stereocenters. The second-order valence-electron chi connectivity index (χ2n) is 16.3. The van der Waals surface area contributed by atoms with Gasteiger partial charge in [-0.15, -0.1) is 0 Å². The molecule has 6 heteroatoms. The van der Waals surface area contributed by atoms with Crippen LogP contribution in [0.15, 0.2) is 65.3 Å². The van der Waals surface area contributed by atoms with E-state index in [1.807, 2.05) is 0 Å². The highest BCUT2D eigenvalue weighted by Gasteiger charge is 2.38. The maximum atomic E-state index is 13.9. The molecule has 1 aliphatic carbocycles. The van der Waals surface area contributed by atoms with Gasteiger partial charge in [0.05, 0.1) is 0 Å². The van der Waals surface area contributed by atoms with E-state index in [-0.39, 0.29) is 33.2 Å². The minimum atomic E-state index is -2.83. The van der Waals surface area contributed by atoms with Crippen LogP contribution in [-0.4, -0.2) is 35.9 Å². The Morgan fingerprint density at radius 3 is 1.36 bits per heavy atom. The molecule has 0 saturated carbocycles. The first kappa shape index (κ1) is 36.7. The summed E-state index contributed by atoms with van der Waals surface area (Å²) in [5.41, 5.74) is 6.63. The fourth-order valence-corrected chi connectivity index (χ4v) is 7.45. The third kappa shape index (κ3) is 7.97. The molecule has 0 aliphatic heterocycles. The Bertz CT molecular complexity index is 1430. The van der Waals surface area contributed by atoms with Gasteiger partial charge in [0, 0.05) is 49.6 Å². The molecule has 1 aliphatic rings. The molecule has 0 saturated heterocycles. The van der Waals surface area contributed by atoms with Crippen LogP contribution < -0.4 is 0 Å². The van der Waals surface area contributed by atoms with Crippen molar-refractivity contribution in [2.24, 2.45) is 10.8 Å². The molecule has 5 nitrogen and oxygen atoms in total. The standard InChI is InChI=1S/C39H55O5Si/c1-36(2,3)29-20-27(21-30(34(29)40)37(4,5)6)33(26-18-16-25(17-19-26)24-45(42-13,43-14)44-15)28-22-31(38(7,8)9)35(41)32(23-28)39(10,11)12/h16-23H,24H2,1-15H3. The molecule has 45 heavy (non-hydrogen) atoms. The molecule has 0 fully saturated rings. The molecule has 0 spiro atoms. The molecule has 0 aromatic heterocycles. The van der Waals surface area contributed by atoms with Crippen LogP contribution >= 0.6 is 0 Å². The molecule has 2 aromatic carbocycles. The fourth-order valence-electron chi connectivity index (χ4n) is 5.78. The van der Waals surface area contributed by atoms with Gasteiger partial charge in [0.2, 0.25) is 0 Å². The number of ketones is 1. The number of carbonyl (C=O) groups is 1. The van der Waals surface area contributed by atoms with Gasteiger partial charge in [-0.3, -0.25) is 9.90 Å². The highest BCUT2D eigenvalue weighted by Crippen LogP contribution is 2.45. The summed E-state index contributed by atoms with van der Waals surface area (Å²) in [6.45, 7) is 25.1. The second-order valence-corrected chi connectivity index (χ2v) is 19.3. The van der Waals surface area contributed by atoms with Crippen LogP contribution in [0.2, 0.25) is 0 Å². The van der Waals surface area contributed by atoms with E-state index in [9.17, 15) is 9.90 Å². The lowest BCUT2D eigenvalue weighted by Crippen LogP contribution is -2.45. The van der Waals surface area contributed by atoms with Gasteiger partial charge in [-0.25, -0.2) is 0 Å². The van der Waals surface area contributed by atoms with Gasteiger partial charge >= 0.3 is 8.80 Å². The van der Waals surface area contributed by atoms with E-state index >= 15 is 0 Å². The van der Waals surface area contributed by atoms with Crippen molar-refractivity contribution in [2.75, 3.05) is 21.3 Å². The van der Waals surface area contributed by atoms with E-state index in [2.05, 4.69) is 132 Å². The summed E-state index contributed by atoms with van der Waals surface area (Å²) in [6.07, 6.45) is 4.14.